The van der Waals surface area contributed by atoms with Gasteiger partial charge >= 0.3 is 12.2 Å². The van der Waals surface area contributed by atoms with Crippen molar-refractivity contribution in [2.24, 2.45) is 5.92 Å². The Morgan fingerprint density at radius 3 is 2.40 bits per heavy atom. The van der Waals surface area contributed by atoms with Crippen molar-refractivity contribution in [3.63, 3.8) is 0 Å². The van der Waals surface area contributed by atoms with E-state index in [9.17, 15) is 9.59 Å². The van der Waals surface area contributed by atoms with Gasteiger partial charge in [-0.25, -0.2) is 9.59 Å². The Bertz CT molecular complexity index is 569. The molecule has 1 aliphatic rings. The summed E-state index contributed by atoms with van der Waals surface area (Å²) in [6.45, 7) is 14.5. The molecular weight excluding hydrogens is 322 g/mol. The van der Waals surface area contributed by atoms with Crippen molar-refractivity contribution in [1.29, 1.82) is 0 Å². The van der Waals surface area contributed by atoms with E-state index in [-0.39, 0.29) is 18.1 Å². The molecule has 0 aliphatic heterocycles. The maximum atomic E-state index is 12.0. The number of rotatable bonds is 6. The number of amides is 1. The number of alkyl carbamates (subject to hydrolysis) is 1. The van der Waals surface area contributed by atoms with E-state index in [1.807, 2.05) is 6.92 Å². The Morgan fingerprint density at radius 2 is 1.92 bits per heavy atom. The number of carbonyl (C=O) groups is 2. The second-order valence-corrected chi connectivity index (χ2v) is 7.14. The fourth-order valence-electron chi connectivity index (χ4n) is 2.23. The smallest absolute Gasteiger partial charge is 0.447 e. The van der Waals surface area contributed by atoms with Crippen molar-refractivity contribution in [3.8, 4) is 0 Å². The SMILES string of the molecule is C=CC(=C(C=CC)OC(=O)OC(C)(C)C)C1CC1NC(=O)OC(C)C. The summed E-state index contributed by atoms with van der Waals surface area (Å²) in [7, 11) is 0. The fraction of sp³-hybridized carbons (Fsp3) is 0.579. The Balaban J connectivity index is 2.82. The maximum Gasteiger partial charge on any atom is 0.514 e. The summed E-state index contributed by atoms with van der Waals surface area (Å²) >= 11 is 0. The summed E-state index contributed by atoms with van der Waals surface area (Å²) < 4.78 is 15.6. The minimum absolute atomic E-state index is 0.0193. The first-order chi connectivity index (χ1) is 11.6. The molecule has 140 valence electrons. The van der Waals surface area contributed by atoms with Crippen LogP contribution < -0.4 is 5.32 Å². The zero-order valence-corrected chi connectivity index (χ0v) is 15.9. The van der Waals surface area contributed by atoms with Crippen molar-refractivity contribution in [2.75, 3.05) is 0 Å². The third-order valence-electron chi connectivity index (χ3n) is 3.24. The summed E-state index contributed by atoms with van der Waals surface area (Å²) in [5.74, 6) is 0.393. The van der Waals surface area contributed by atoms with Crippen molar-refractivity contribution >= 4 is 12.2 Å². The number of hydrogen-bond acceptors (Lipinski definition) is 5. The van der Waals surface area contributed by atoms with Gasteiger partial charge in [-0.05, 0) is 59.6 Å². The van der Waals surface area contributed by atoms with Gasteiger partial charge in [0.2, 0.25) is 0 Å². The summed E-state index contributed by atoms with van der Waals surface area (Å²) in [5.41, 5.74) is 0.107. The van der Waals surface area contributed by atoms with E-state index in [4.69, 9.17) is 14.2 Å². The second-order valence-electron chi connectivity index (χ2n) is 7.14. The molecule has 25 heavy (non-hydrogen) atoms. The van der Waals surface area contributed by atoms with Gasteiger partial charge in [-0.1, -0.05) is 18.7 Å². The lowest BCUT2D eigenvalue weighted by Crippen LogP contribution is -2.30. The highest BCUT2D eigenvalue weighted by Crippen LogP contribution is 2.40. The topological polar surface area (TPSA) is 73.9 Å². The van der Waals surface area contributed by atoms with Gasteiger partial charge in [-0.3, -0.25) is 0 Å². The summed E-state index contributed by atoms with van der Waals surface area (Å²) in [6.07, 6.45) is 4.41. The molecule has 1 aliphatic carbocycles. The van der Waals surface area contributed by atoms with Crippen LogP contribution in [0.4, 0.5) is 9.59 Å². The Kier molecular flexibility index (Phi) is 7.27. The van der Waals surface area contributed by atoms with Gasteiger partial charge < -0.3 is 19.5 Å². The zero-order valence-electron chi connectivity index (χ0n) is 15.9. The Morgan fingerprint density at radius 1 is 1.28 bits per heavy atom. The predicted octanol–water partition coefficient (Wildman–Crippen LogP) is 4.48. The number of hydrogen-bond donors (Lipinski definition) is 1. The van der Waals surface area contributed by atoms with E-state index in [2.05, 4.69) is 11.9 Å². The van der Waals surface area contributed by atoms with Crippen LogP contribution >= 0.6 is 0 Å². The Labute approximate surface area is 149 Å². The lowest BCUT2D eigenvalue weighted by atomic mass is 10.1. The average Bonchev–Trinajstić information content (AvgIpc) is 3.15. The van der Waals surface area contributed by atoms with Gasteiger partial charge in [0.15, 0.2) is 0 Å². The molecule has 0 heterocycles. The van der Waals surface area contributed by atoms with E-state index in [1.165, 1.54) is 0 Å². The molecule has 0 aromatic heterocycles. The highest BCUT2D eigenvalue weighted by Gasteiger charge is 2.42. The lowest BCUT2D eigenvalue weighted by Gasteiger charge is -2.19. The lowest BCUT2D eigenvalue weighted by molar-refractivity contribution is 0.00747. The van der Waals surface area contributed by atoms with Crippen molar-refractivity contribution in [2.45, 2.75) is 65.7 Å². The van der Waals surface area contributed by atoms with E-state index < -0.39 is 17.8 Å². The molecule has 0 aromatic rings. The standard InChI is InChI=1S/C19H29NO5/c1-8-10-16(24-18(22)25-19(5,6)7)13(9-2)14-11-15(14)20-17(21)23-12(3)4/h8-10,12,14-15H,2,11H2,1,3-7H3,(H,20,21). The monoisotopic (exact) mass is 351 g/mol. The summed E-state index contributed by atoms with van der Waals surface area (Å²) in [4.78, 5) is 23.6. The van der Waals surface area contributed by atoms with Gasteiger partial charge in [0.1, 0.15) is 11.4 Å². The third-order valence-corrected chi connectivity index (χ3v) is 3.24. The van der Waals surface area contributed by atoms with Crippen molar-refractivity contribution in [1.82, 2.24) is 5.32 Å². The first-order valence-electron chi connectivity index (χ1n) is 8.44. The predicted molar refractivity (Wildman–Crippen MR) is 96.0 cm³/mol. The molecule has 1 N–H and O–H groups in total. The molecule has 6 nitrogen and oxygen atoms in total. The maximum absolute atomic E-state index is 12.0. The van der Waals surface area contributed by atoms with E-state index in [0.717, 1.165) is 12.0 Å². The van der Waals surface area contributed by atoms with Gasteiger partial charge in [0.25, 0.3) is 0 Å². The van der Waals surface area contributed by atoms with Crippen LogP contribution in [0.25, 0.3) is 0 Å². The van der Waals surface area contributed by atoms with Gasteiger partial charge in [0, 0.05) is 12.0 Å². The Hall–Kier alpha value is -2.24. The molecule has 1 fully saturated rings. The van der Waals surface area contributed by atoms with E-state index in [0.29, 0.717) is 5.76 Å². The molecule has 0 spiro atoms. The number of allylic oxidation sites excluding steroid dienone is 3. The molecule has 6 heteroatoms. The van der Waals surface area contributed by atoms with Crippen LogP contribution in [0.1, 0.15) is 48.0 Å². The molecule has 1 amide bonds. The van der Waals surface area contributed by atoms with Crippen molar-refractivity contribution in [3.05, 3.63) is 36.1 Å². The molecule has 0 bridgehead atoms. The molecule has 2 unspecified atom stereocenters. The largest absolute Gasteiger partial charge is 0.514 e. The zero-order chi connectivity index (χ0) is 19.2. The highest BCUT2D eigenvalue weighted by molar-refractivity contribution is 5.68. The van der Waals surface area contributed by atoms with Crippen LogP contribution in [0.3, 0.4) is 0 Å². The minimum Gasteiger partial charge on any atom is -0.447 e. The number of ether oxygens (including phenoxy) is 3. The van der Waals surface area contributed by atoms with E-state index in [1.54, 1.807) is 52.8 Å². The molecular formula is C19H29NO5. The van der Waals surface area contributed by atoms with Gasteiger partial charge in [0.05, 0.1) is 6.10 Å². The van der Waals surface area contributed by atoms with Crippen LogP contribution in [-0.2, 0) is 14.2 Å². The van der Waals surface area contributed by atoms with Crippen LogP contribution in [-0.4, -0.2) is 30.0 Å². The first kappa shape index (κ1) is 20.8. The molecule has 2 atom stereocenters. The highest BCUT2D eigenvalue weighted by atomic mass is 16.7. The first-order valence-corrected chi connectivity index (χ1v) is 8.44. The molecule has 0 radical (unpaired) electrons. The molecule has 1 saturated carbocycles. The number of nitrogens with one attached hydrogen (secondary N) is 1. The van der Waals surface area contributed by atoms with Crippen LogP contribution in [0.2, 0.25) is 0 Å². The molecule has 0 saturated heterocycles. The van der Waals surface area contributed by atoms with E-state index >= 15 is 0 Å². The van der Waals surface area contributed by atoms with Gasteiger partial charge in [-0.2, -0.15) is 0 Å². The second kappa shape index (κ2) is 8.74. The summed E-state index contributed by atoms with van der Waals surface area (Å²) in [6, 6.07) is -0.0678. The third kappa shape index (κ3) is 7.45. The van der Waals surface area contributed by atoms with Crippen LogP contribution in [0.15, 0.2) is 36.1 Å². The average molecular weight is 351 g/mol. The van der Waals surface area contributed by atoms with Gasteiger partial charge in [-0.15, -0.1) is 0 Å². The normalized spacial score (nSPS) is 20.8. The number of carbonyl (C=O) groups excluding carboxylic acids is 2. The fourth-order valence-corrected chi connectivity index (χ4v) is 2.23. The van der Waals surface area contributed by atoms with Crippen LogP contribution in [0, 0.1) is 5.92 Å². The van der Waals surface area contributed by atoms with Crippen LogP contribution in [0.5, 0.6) is 0 Å². The molecule has 1 rings (SSSR count). The van der Waals surface area contributed by atoms with Crippen molar-refractivity contribution < 1.29 is 23.8 Å². The quantitative estimate of drug-likeness (QED) is 0.434. The summed E-state index contributed by atoms with van der Waals surface area (Å²) in [5, 5.41) is 2.80. The molecule has 0 aromatic carbocycles. The minimum atomic E-state index is -0.774.